The van der Waals surface area contributed by atoms with Gasteiger partial charge in [-0.15, -0.1) is 11.3 Å². The number of amides is 5. The summed E-state index contributed by atoms with van der Waals surface area (Å²) in [5, 5.41) is 15.2. The molecule has 1 aliphatic carbocycles. The second-order valence-electron chi connectivity index (χ2n) is 21.5. The Balaban J connectivity index is 0.716. The third-order valence-electron chi connectivity index (χ3n) is 16.1. The first kappa shape index (κ1) is 53.4. The molecule has 3 atom stereocenters. The van der Waals surface area contributed by atoms with E-state index >= 15 is 0 Å². The lowest BCUT2D eigenvalue weighted by Crippen LogP contribution is -2.58. The number of benzene rings is 1. The molecule has 0 spiro atoms. The molecular formula is C55H63N10O11PS. The zero-order valence-corrected chi connectivity index (χ0v) is 45.9. The van der Waals surface area contributed by atoms with Gasteiger partial charge < -0.3 is 34.7 Å². The number of methoxy groups -OCH3 is 1. The highest BCUT2D eigenvalue weighted by Crippen LogP contribution is 2.44. The zero-order valence-electron chi connectivity index (χ0n) is 44.2. The molecule has 4 aromatic heterocycles. The normalized spacial score (nSPS) is 21.0. The number of aromatic nitrogens is 3. The van der Waals surface area contributed by atoms with Crippen molar-refractivity contribution in [2.45, 2.75) is 115 Å². The molecular weight excluding hydrogens is 1040 g/mol. The first-order chi connectivity index (χ1) is 37.3. The Morgan fingerprint density at radius 2 is 1.56 bits per heavy atom. The molecule has 4 N–H and O–H groups in total. The quantitative estimate of drug-likeness (QED) is 0.0734. The van der Waals surface area contributed by atoms with Crippen LogP contribution < -0.4 is 24.8 Å². The van der Waals surface area contributed by atoms with Crippen LogP contribution in [0.5, 0.6) is 5.88 Å². The molecule has 3 saturated heterocycles. The van der Waals surface area contributed by atoms with Crippen molar-refractivity contribution >= 4 is 77.4 Å². The molecule has 78 heavy (non-hydrogen) atoms. The van der Waals surface area contributed by atoms with Gasteiger partial charge in [-0.3, -0.25) is 48.1 Å². The number of likely N-dealkylation sites (tertiary alicyclic amines) is 1. The number of nitrogens with zero attached hydrogens (tertiary/aromatic N) is 9. The summed E-state index contributed by atoms with van der Waals surface area (Å²) in [4.78, 5) is 113. The van der Waals surface area contributed by atoms with Gasteiger partial charge in [-0.25, -0.2) is 19.5 Å². The Morgan fingerprint density at radius 1 is 0.808 bits per heavy atom. The van der Waals surface area contributed by atoms with E-state index in [-0.39, 0.29) is 35.9 Å². The number of pyridine rings is 3. The van der Waals surface area contributed by atoms with Crippen LogP contribution in [0.1, 0.15) is 118 Å². The summed E-state index contributed by atoms with van der Waals surface area (Å²) in [6.45, 7) is 11.2. The van der Waals surface area contributed by atoms with E-state index in [1.807, 2.05) is 24.4 Å². The number of carbonyl (C=O) groups is 5. The topological polar surface area (TPSA) is 252 Å². The van der Waals surface area contributed by atoms with E-state index in [4.69, 9.17) is 14.7 Å². The van der Waals surface area contributed by atoms with Crippen molar-refractivity contribution < 1.29 is 52.7 Å². The first-order valence-corrected chi connectivity index (χ1v) is 28.9. The van der Waals surface area contributed by atoms with E-state index in [2.05, 4.69) is 42.5 Å². The molecule has 5 amide bonds. The van der Waals surface area contributed by atoms with Gasteiger partial charge in [0.25, 0.3) is 23.6 Å². The van der Waals surface area contributed by atoms with Gasteiger partial charge in [0.15, 0.2) is 0 Å². The van der Waals surface area contributed by atoms with Gasteiger partial charge in [-0.2, -0.15) is 0 Å². The minimum absolute atomic E-state index is 0.0708. The summed E-state index contributed by atoms with van der Waals surface area (Å²) in [7, 11) is -3.50. The highest BCUT2D eigenvalue weighted by molar-refractivity contribution is 7.46. The van der Waals surface area contributed by atoms with Crippen LogP contribution in [0.3, 0.4) is 0 Å². The van der Waals surface area contributed by atoms with E-state index in [1.54, 1.807) is 67.8 Å². The summed E-state index contributed by atoms with van der Waals surface area (Å²) in [5.74, 6) is -1.69. The molecule has 21 nitrogen and oxygen atoms in total. The van der Waals surface area contributed by atoms with Crippen molar-refractivity contribution in [2.75, 3.05) is 66.4 Å². The SMILES string of the molecule is COc1ncc(-c2ccnc(N3CCc4c(sc5c4CCCC5)C3=O)c2C(C)(C)O)cc1Nc1ccc(N2CCN(C3CCN(c4ccc5c(c4)C(=O)N(C4CCC(=O)N(C(C)OP(=O)(O)O)C4=O)C5=O)CC3)C[C@@H]2C)cn1. The van der Waals surface area contributed by atoms with Crippen LogP contribution in [0.25, 0.3) is 11.1 Å². The van der Waals surface area contributed by atoms with Crippen molar-refractivity contribution in [2.24, 2.45) is 0 Å². The van der Waals surface area contributed by atoms with Gasteiger partial charge in [0.1, 0.15) is 29.6 Å². The number of piperidine rings is 2. The summed E-state index contributed by atoms with van der Waals surface area (Å²) in [6, 6.07) is 12.0. The predicted molar refractivity (Wildman–Crippen MR) is 291 cm³/mol. The number of phosphoric ester groups is 1. The maximum absolute atomic E-state index is 14.2. The van der Waals surface area contributed by atoms with Gasteiger partial charge >= 0.3 is 7.82 Å². The van der Waals surface area contributed by atoms with E-state index in [9.17, 15) is 43.4 Å². The van der Waals surface area contributed by atoms with Crippen LogP contribution in [-0.2, 0) is 43.5 Å². The second-order valence-corrected chi connectivity index (χ2v) is 23.8. The third kappa shape index (κ3) is 9.96. The van der Waals surface area contributed by atoms with Crippen molar-refractivity contribution in [1.82, 2.24) is 29.7 Å². The number of aryl methyl sites for hydroxylation is 1. The maximum atomic E-state index is 14.2. The van der Waals surface area contributed by atoms with Gasteiger partial charge in [0, 0.05) is 91.9 Å². The average molecular weight is 1100 g/mol. The Labute approximate surface area is 455 Å². The Kier molecular flexibility index (Phi) is 14.3. The molecule has 9 heterocycles. The maximum Gasteiger partial charge on any atom is 0.471 e. The fourth-order valence-corrected chi connectivity index (χ4v) is 14.3. The summed E-state index contributed by atoms with van der Waals surface area (Å²) in [5.41, 5.74) is 5.77. The average Bonchev–Trinajstić information content (AvgIpc) is 3.93. The van der Waals surface area contributed by atoms with E-state index in [0.717, 1.165) is 106 Å². The largest absolute Gasteiger partial charge is 0.480 e. The minimum atomic E-state index is -5.06. The number of thiophene rings is 1. The van der Waals surface area contributed by atoms with Crippen molar-refractivity contribution in [3.05, 3.63) is 98.6 Å². The lowest BCUT2D eigenvalue weighted by molar-refractivity contribution is -0.161. The fourth-order valence-electron chi connectivity index (χ4n) is 12.4. The molecule has 0 bridgehead atoms. The molecule has 5 aromatic rings. The lowest BCUT2D eigenvalue weighted by atomic mass is 9.89. The van der Waals surface area contributed by atoms with Gasteiger partial charge in [-0.05, 0) is 138 Å². The lowest BCUT2D eigenvalue weighted by Gasteiger charge is -2.46. The highest BCUT2D eigenvalue weighted by atomic mass is 32.1. The predicted octanol–water partition coefficient (Wildman–Crippen LogP) is 6.41. The number of ether oxygens (including phenoxy) is 1. The highest BCUT2D eigenvalue weighted by Gasteiger charge is 2.49. The number of nitrogens with one attached hydrogen (secondary N) is 1. The van der Waals surface area contributed by atoms with Crippen LogP contribution in [0.15, 0.2) is 61.1 Å². The van der Waals surface area contributed by atoms with Crippen LogP contribution in [0.4, 0.5) is 28.7 Å². The van der Waals surface area contributed by atoms with Crippen molar-refractivity contribution in [3.8, 4) is 17.0 Å². The molecule has 6 aliphatic rings. The molecule has 5 aliphatic heterocycles. The molecule has 3 fully saturated rings. The second kappa shape index (κ2) is 20.9. The van der Waals surface area contributed by atoms with Crippen LogP contribution in [-0.4, -0.2) is 145 Å². The van der Waals surface area contributed by atoms with Crippen molar-refractivity contribution in [3.63, 3.8) is 0 Å². The third-order valence-corrected chi connectivity index (χ3v) is 18.0. The molecule has 0 radical (unpaired) electrons. The molecule has 23 heteroatoms. The smallest absolute Gasteiger partial charge is 0.471 e. The summed E-state index contributed by atoms with van der Waals surface area (Å²) in [6.07, 6.45) is 10.1. The molecule has 2 unspecified atom stereocenters. The Hall–Kier alpha value is -6.65. The number of piperazine rings is 1. The van der Waals surface area contributed by atoms with Crippen LogP contribution >= 0.6 is 19.2 Å². The van der Waals surface area contributed by atoms with Gasteiger partial charge in [0.05, 0.1) is 40.6 Å². The summed E-state index contributed by atoms with van der Waals surface area (Å²) < 4.78 is 21.8. The van der Waals surface area contributed by atoms with Crippen LogP contribution in [0, 0.1) is 0 Å². The van der Waals surface area contributed by atoms with Crippen LogP contribution in [0.2, 0.25) is 0 Å². The molecule has 410 valence electrons. The standard InChI is InChI=1S/C55H63N10O11PS/c1-31-30-61(34-17-21-60(22-18-34)35-10-12-40-41(27-35)52(68)65(51(40)67)43-13-15-46(66)64(53(43)69)32(2)76-77(72,73)74)24-25-62(31)36-11-14-45(57-29-36)59-42-26-33(28-58-50(42)75-5)37-16-20-56-49(47(37)55(3,4)71)63-23-19-39-38-8-6-7-9-44(38)78-48(39)54(63)70/h10-12,14,16,20,26-29,31-32,34,43,71H,6-9,13,15,17-19,21-25,30H2,1-5H3,(H,57,59)(H2,72,73,74)/t31-,32?,43?/m0/s1. The minimum Gasteiger partial charge on any atom is -0.480 e. The van der Waals surface area contributed by atoms with Gasteiger partial charge in [0.2, 0.25) is 11.8 Å². The number of carbonyl (C=O) groups excluding carboxylic acids is 5. The number of anilines is 5. The molecule has 0 saturated carbocycles. The van der Waals surface area contributed by atoms with Crippen molar-refractivity contribution in [1.29, 1.82) is 0 Å². The number of hydrogen-bond acceptors (Lipinski definition) is 17. The monoisotopic (exact) mass is 1100 g/mol. The van der Waals surface area contributed by atoms with E-state index < -0.39 is 49.3 Å². The number of rotatable bonds is 13. The van der Waals surface area contributed by atoms with E-state index in [0.29, 0.717) is 57.4 Å². The van der Waals surface area contributed by atoms with E-state index in [1.165, 1.54) is 16.0 Å². The number of aliphatic hydroxyl groups is 1. The molecule has 11 rings (SSSR count). The number of hydrogen-bond donors (Lipinski definition) is 4. The Morgan fingerprint density at radius 3 is 2.28 bits per heavy atom. The van der Waals surface area contributed by atoms with Gasteiger partial charge in [-0.1, -0.05) is 0 Å². The Bertz CT molecular complexity index is 3280. The number of phosphoric acid groups is 1. The molecule has 1 aromatic carbocycles. The fraction of sp³-hybridized carbons (Fsp3) is 0.455. The zero-order chi connectivity index (χ0) is 54.9. The summed E-state index contributed by atoms with van der Waals surface area (Å²) >= 11 is 1.62. The number of fused-ring (bicyclic) bond motifs is 4. The number of imide groups is 2. The first-order valence-electron chi connectivity index (χ1n) is 26.6.